The second kappa shape index (κ2) is 4.84. The Bertz CT molecular complexity index is 790. The second-order valence-corrected chi connectivity index (χ2v) is 6.57. The fourth-order valence-electron chi connectivity index (χ4n) is 3.18. The summed E-state index contributed by atoms with van der Waals surface area (Å²) in [6.45, 7) is 3.90. The number of nitrogens with zero attached hydrogens (tertiary/aromatic N) is 3. The molecule has 0 fully saturated rings. The zero-order chi connectivity index (χ0) is 16.9. The van der Waals surface area contributed by atoms with Crippen molar-refractivity contribution < 1.29 is 23.8 Å². The zero-order valence-corrected chi connectivity index (χ0v) is 13.0. The van der Waals surface area contributed by atoms with Gasteiger partial charge < -0.3 is 20.1 Å². The molecule has 1 aliphatic carbocycles. The molecule has 0 amide bonds. The molecule has 2 N–H and O–H groups in total. The molecular formula is C15H16N4O4. The van der Waals surface area contributed by atoms with Crippen LogP contribution in [0.5, 0.6) is 5.95 Å². The van der Waals surface area contributed by atoms with Crippen LogP contribution in [0.15, 0.2) is 27.3 Å². The van der Waals surface area contributed by atoms with Crippen LogP contribution in [0.2, 0.25) is 0 Å². The van der Waals surface area contributed by atoms with Crippen LogP contribution in [-0.4, -0.2) is 11.1 Å². The van der Waals surface area contributed by atoms with Gasteiger partial charge in [0, 0.05) is 12.8 Å². The van der Waals surface area contributed by atoms with Crippen molar-refractivity contribution in [2.24, 2.45) is 18.2 Å². The van der Waals surface area contributed by atoms with Gasteiger partial charge in [-0.15, -0.1) is 0 Å². The number of hydrogen-bond donors (Lipinski definition) is 1. The average molecular weight is 316 g/mol. The Hall–Kier alpha value is -2.82. The van der Waals surface area contributed by atoms with Crippen molar-refractivity contribution in [3.8, 4) is 12.0 Å². The third-order valence-electron chi connectivity index (χ3n) is 4.15. The van der Waals surface area contributed by atoms with Crippen LogP contribution in [0, 0.1) is 16.7 Å². The summed E-state index contributed by atoms with van der Waals surface area (Å²) in [6.07, 6.45) is 0.792. The number of nitrogens with two attached hydrogens (primary N) is 1. The van der Waals surface area contributed by atoms with Gasteiger partial charge in [-0.3, -0.25) is 4.79 Å². The number of ether oxygens (including phenoxy) is 1. The Labute approximate surface area is 132 Å². The average Bonchev–Trinajstić information content (AvgIpc) is 2.75. The number of aryl methyl sites for hydroxylation is 1. The molecule has 120 valence electrons. The van der Waals surface area contributed by atoms with Crippen LogP contribution in [0.25, 0.3) is 0 Å². The Kier molecular flexibility index (Phi) is 3.18. The van der Waals surface area contributed by atoms with Gasteiger partial charge in [-0.1, -0.05) is 18.5 Å². The largest absolute Gasteiger partial charge is 0.539 e. The molecule has 2 aliphatic rings. The van der Waals surface area contributed by atoms with Crippen molar-refractivity contribution >= 4 is 5.78 Å². The lowest BCUT2D eigenvalue weighted by atomic mass is 9.71. The highest BCUT2D eigenvalue weighted by Crippen LogP contribution is 2.48. The monoisotopic (exact) mass is 316 g/mol. The van der Waals surface area contributed by atoms with E-state index in [-0.39, 0.29) is 28.3 Å². The predicted octanol–water partition coefficient (Wildman–Crippen LogP) is 0.0236. The SMILES string of the molecule is C[n+]1noc([O-])c1C1C(C#N)=C(N)OC2=C1C(=O)CC(C)(C)C2. The number of Topliss-reactive ketones (excluding diaryl/α,β-unsaturated/α-hetero) is 1. The third-order valence-corrected chi connectivity index (χ3v) is 4.15. The molecular weight excluding hydrogens is 300 g/mol. The van der Waals surface area contributed by atoms with Gasteiger partial charge in [-0.25, -0.2) is 0 Å². The molecule has 2 heterocycles. The van der Waals surface area contributed by atoms with Gasteiger partial charge in [-0.05, 0) is 5.41 Å². The van der Waals surface area contributed by atoms with Crippen LogP contribution in [0.3, 0.4) is 0 Å². The first-order valence-electron chi connectivity index (χ1n) is 7.12. The van der Waals surface area contributed by atoms with Crippen molar-refractivity contribution in [3.63, 3.8) is 0 Å². The van der Waals surface area contributed by atoms with Gasteiger partial charge in [0.05, 0.1) is 10.8 Å². The number of ketones is 1. The third kappa shape index (κ3) is 2.25. The summed E-state index contributed by atoms with van der Waals surface area (Å²) in [7, 11) is 1.51. The minimum Gasteiger partial charge on any atom is -0.539 e. The molecule has 0 saturated carbocycles. The van der Waals surface area contributed by atoms with Crippen molar-refractivity contribution in [2.45, 2.75) is 32.6 Å². The molecule has 0 spiro atoms. The van der Waals surface area contributed by atoms with E-state index in [9.17, 15) is 15.2 Å². The van der Waals surface area contributed by atoms with Crippen molar-refractivity contribution in [1.29, 1.82) is 5.26 Å². The summed E-state index contributed by atoms with van der Waals surface area (Å²) in [6, 6.07) is 1.94. The van der Waals surface area contributed by atoms with E-state index in [1.54, 1.807) is 0 Å². The lowest BCUT2D eigenvalue weighted by Crippen LogP contribution is -2.41. The first-order valence-corrected chi connectivity index (χ1v) is 7.12. The van der Waals surface area contributed by atoms with Crippen molar-refractivity contribution in [3.05, 3.63) is 28.5 Å². The van der Waals surface area contributed by atoms with Crippen LogP contribution >= 0.6 is 0 Å². The number of hydrogen-bond acceptors (Lipinski definition) is 7. The Morgan fingerprint density at radius 3 is 2.74 bits per heavy atom. The molecule has 1 aliphatic heterocycles. The molecule has 3 rings (SSSR count). The summed E-state index contributed by atoms with van der Waals surface area (Å²) in [5.41, 5.74) is 5.99. The maximum absolute atomic E-state index is 12.7. The fraction of sp³-hybridized carbons (Fsp3) is 0.467. The first kappa shape index (κ1) is 15.1. The molecule has 1 aromatic rings. The van der Waals surface area contributed by atoms with E-state index in [0.717, 1.165) is 0 Å². The Balaban J connectivity index is 2.24. The number of nitriles is 1. The molecule has 0 bridgehead atoms. The Morgan fingerprint density at radius 1 is 1.48 bits per heavy atom. The summed E-state index contributed by atoms with van der Waals surface area (Å²) < 4.78 is 11.4. The van der Waals surface area contributed by atoms with Crippen LogP contribution < -0.4 is 15.5 Å². The molecule has 0 aromatic carbocycles. The molecule has 0 saturated heterocycles. The number of allylic oxidation sites excluding steroid dienone is 3. The summed E-state index contributed by atoms with van der Waals surface area (Å²) in [5, 5.41) is 25.0. The molecule has 8 heteroatoms. The quantitative estimate of drug-likeness (QED) is 0.723. The number of carbonyl (C=O) groups excluding carboxylic acids is 1. The molecule has 1 unspecified atom stereocenters. The fourth-order valence-corrected chi connectivity index (χ4v) is 3.18. The van der Waals surface area contributed by atoms with E-state index in [4.69, 9.17) is 10.5 Å². The van der Waals surface area contributed by atoms with Crippen molar-refractivity contribution in [1.82, 2.24) is 5.27 Å². The molecule has 0 radical (unpaired) electrons. The first-order chi connectivity index (χ1) is 10.7. The second-order valence-electron chi connectivity index (χ2n) is 6.57. The number of rotatable bonds is 1. The topological polar surface area (TPSA) is 129 Å². The maximum Gasteiger partial charge on any atom is 0.246 e. The van der Waals surface area contributed by atoms with Crippen molar-refractivity contribution in [2.75, 3.05) is 0 Å². The standard InChI is InChI=1S/C15H16N4O4/c1-15(2)4-8(20)11-9(5-15)22-13(17)7(6-16)10(11)12-14(21)23-18-19(12)3/h10H,4-5,17H2,1-3H3. The van der Waals surface area contributed by atoms with E-state index >= 15 is 0 Å². The highest BCUT2D eigenvalue weighted by molar-refractivity contribution is 5.99. The normalized spacial score (nSPS) is 23.4. The van der Waals surface area contributed by atoms with Gasteiger partial charge in [-0.2, -0.15) is 5.26 Å². The summed E-state index contributed by atoms with van der Waals surface area (Å²) in [4.78, 5) is 12.7. The molecule has 1 atom stereocenters. The van der Waals surface area contributed by atoms with E-state index < -0.39 is 11.9 Å². The van der Waals surface area contributed by atoms with Gasteiger partial charge in [0.25, 0.3) is 0 Å². The number of carbonyl (C=O) groups is 1. The van der Waals surface area contributed by atoms with Crippen LogP contribution in [0.4, 0.5) is 0 Å². The maximum atomic E-state index is 12.7. The smallest absolute Gasteiger partial charge is 0.246 e. The number of aromatic nitrogens is 2. The van der Waals surface area contributed by atoms with Gasteiger partial charge >= 0.3 is 0 Å². The van der Waals surface area contributed by atoms with E-state index in [1.807, 2.05) is 19.9 Å². The predicted molar refractivity (Wildman–Crippen MR) is 72.8 cm³/mol. The Morgan fingerprint density at radius 2 is 2.17 bits per heavy atom. The minimum atomic E-state index is -0.906. The summed E-state index contributed by atoms with van der Waals surface area (Å²) >= 11 is 0. The lowest BCUT2D eigenvalue weighted by molar-refractivity contribution is -0.746. The van der Waals surface area contributed by atoms with E-state index in [0.29, 0.717) is 24.2 Å². The highest BCUT2D eigenvalue weighted by Gasteiger charge is 2.46. The molecule has 23 heavy (non-hydrogen) atoms. The zero-order valence-electron chi connectivity index (χ0n) is 13.0. The molecule has 1 aromatic heterocycles. The summed E-state index contributed by atoms with van der Waals surface area (Å²) in [5.74, 6) is -1.46. The lowest BCUT2D eigenvalue weighted by Gasteiger charge is -2.36. The highest BCUT2D eigenvalue weighted by atomic mass is 16.6. The van der Waals surface area contributed by atoms with Gasteiger partial charge in [0.15, 0.2) is 18.8 Å². The van der Waals surface area contributed by atoms with Gasteiger partial charge in [0.1, 0.15) is 23.3 Å². The van der Waals surface area contributed by atoms with Crippen LogP contribution in [0.1, 0.15) is 38.3 Å². The van der Waals surface area contributed by atoms with E-state index in [2.05, 4.69) is 9.79 Å². The van der Waals surface area contributed by atoms with Crippen LogP contribution in [-0.2, 0) is 16.6 Å². The minimum absolute atomic E-state index is 0.0210. The molecule has 8 nitrogen and oxygen atoms in total. The van der Waals surface area contributed by atoms with Gasteiger partial charge in [0.2, 0.25) is 11.6 Å². The van der Waals surface area contributed by atoms with E-state index in [1.165, 1.54) is 11.7 Å².